The fraction of sp³-hybridized carbons (Fsp3) is 0.357. The minimum absolute atomic E-state index is 0.231. The van der Waals surface area contributed by atoms with Gasteiger partial charge in [0.15, 0.2) is 13.2 Å². The highest BCUT2D eigenvalue weighted by atomic mass is 16.5. The van der Waals surface area contributed by atoms with Gasteiger partial charge in [-0.05, 0) is 37.1 Å². The lowest BCUT2D eigenvalue weighted by Gasteiger charge is -2.07. The molecule has 0 saturated heterocycles. The summed E-state index contributed by atoms with van der Waals surface area (Å²) in [5, 5.41) is 2.72. The minimum atomic E-state index is -0.595. The molecule has 0 heterocycles. The van der Waals surface area contributed by atoms with Crippen LogP contribution in [0.15, 0.2) is 24.3 Å². The first-order valence-corrected chi connectivity index (χ1v) is 6.52. The lowest BCUT2D eigenvalue weighted by Crippen LogP contribution is -2.30. The van der Waals surface area contributed by atoms with Crippen molar-refractivity contribution in [3.05, 3.63) is 29.8 Å². The quantitative estimate of drug-likeness (QED) is 0.687. The number of nitrogens with one attached hydrogen (secondary N) is 1. The molecule has 0 bridgehead atoms. The van der Waals surface area contributed by atoms with Gasteiger partial charge in [0.25, 0.3) is 11.8 Å². The second-order valence-electron chi connectivity index (χ2n) is 4.70. The van der Waals surface area contributed by atoms with Crippen LogP contribution < -0.4 is 15.8 Å². The summed E-state index contributed by atoms with van der Waals surface area (Å²) in [5.74, 6) is -1.06. The molecule has 0 atom stereocenters. The molecular weight excluding hydrogens is 276 g/mol. The fourth-order valence-corrected chi connectivity index (χ4v) is 1.55. The largest absolute Gasteiger partial charge is 0.484 e. The Bertz CT molecular complexity index is 537. The third-order valence-corrected chi connectivity index (χ3v) is 2.75. The number of hydrogen-bond acceptors (Lipinski definition) is 5. The number of ether oxygens (including phenoxy) is 2. The Morgan fingerprint density at radius 2 is 1.81 bits per heavy atom. The van der Waals surface area contributed by atoms with Gasteiger partial charge in [0.05, 0.1) is 5.56 Å². The van der Waals surface area contributed by atoms with E-state index < -0.39 is 11.9 Å². The van der Waals surface area contributed by atoms with Crippen molar-refractivity contribution in [3.63, 3.8) is 0 Å². The monoisotopic (exact) mass is 292 g/mol. The molecule has 7 nitrogen and oxygen atoms in total. The van der Waals surface area contributed by atoms with E-state index in [0.717, 1.165) is 12.8 Å². The van der Waals surface area contributed by atoms with Gasteiger partial charge < -0.3 is 20.5 Å². The lowest BCUT2D eigenvalue weighted by atomic mass is 10.2. The van der Waals surface area contributed by atoms with E-state index in [-0.39, 0.29) is 25.2 Å². The zero-order chi connectivity index (χ0) is 15.2. The van der Waals surface area contributed by atoms with Crippen LogP contribution in [0.1, 0.15) is 23.2 Å². The number of primary amides is 1. The molecule has 21 heavy (non-hydrogen) atoms. The zero-order valence-electron chi connectivity index (χ0n) is 11.3. The summed E-state index contributed by atoms with van der Waals surface area (Å²) in [5.41, 5.74) is 5.24. The van der Waals surface area contributed by atoms with Crippen LogP contribution >= 0.6 is 0 Å². The molecule has 0 radical (unpaired) electrons. The first kappa shape index (κ1) is 14.8. The van der Waals surface area contributed by atoms with Gasteiger partial charge in [-0.3, -0.25) is 9.59 Å². The maximum atomic E-state index is 11.7. The summed E-state index contributed by atoms with van der Waals surface area (Å²) >= 11 is 0. The third kappa shape index (κ3) is 5.13. The van der Waals surface area contributed by atoms with E-state index in [1.807, 2.05) is 0 Å². The SMILES string of the molecule is NC(=O)COc1ccc(C(=O)OCC(=O)NC2CC2)cc1. The van der Waals surface area contributed by atoms with E-state index in [1.54, 1.807) is 0 Å². The average Bonchev–Trinajstić information content (AvgIpc) is 3.27. The van der Waals surface area contributed by atoms with Crippen molar-refractivity contribution in [3.8, 4) is 5.75 Å². The summed E-state index contributed by atoms with van der Waals surface area (Å²) in [4.78, 5) is 33.7. The van der Waals surface area contributed by atoms with E-state index in [9.17, 15) is 14.4 Å². The molecule has 1 aromatic carbocycles. The molecule has 112 valence electrons. The summed E-state index contributed by atoms with van der Waals surface area (Å²) in [7, 11) is 0. The van der Waals surface area contributed by atoms with Crippen LogP contribution in [0.2, 0.25) is 0 Å². The van der Waals surface area contributed by atoms with Crippen LogP contribution in [0.25, 0.3) is 0 Å². The molecule has 3 N–H and O–H groups in total. The van der Waals surface area contributed by atoms with Gasteiger partial charge in [0, 0.05) is 6.04 Å². The topological polar surface area (TPSA) is 108 Å². The van der Waals surface area contributed by atoms with Crippen molar-refractivity contribution < 1.29 is 23.9 Å². The highest BCUT2D eigenvalue weighted by molar-refractivity contribution is 5.91. The Morgan fingerprint density at radius 1 is 1.14 bits per heavy atom. The van der Waals surface area contributed by atoms with E-state index in [1.165, 1.54) is 24.3 Å². The summed E-state index contributed by atoms with van der Waals surface area (Å²) < 4.78 is 9.95. The molecule has 0 aliphatic heterocycles. The van der Waals surface area contributed by atoms with Gasteiger partial charge >= 0.3 is 5.97 Å². The molecule has 0 aromatic heterocycles. The first-order chi connectivity index (χ1) is 10.0. The molecule has 7 heteroatoms. The molecule has 1 saturated carbocycles. The average molecular weight is 292 g/mol. The van der Waals surface area contributed by atoms with Crippen LogP contribution in [0.4, 0.5) is 0 Å². The first-order valence-electron chi connectivity index (χ1n) is 6.52. The van der Waals surface area contributed by atoms with Crippen LogP contribution in [0.5, 0.6) is 5.75 Å². The second-order valence-corrected chi connectivity index (χ2v) is 4.70. The molecule has 1 aliphatic rings. The van der Waals surface area contributed by atoms with Crippen molar-refractivity contribution in [2.75, 3.05) is 13.2 Å². The van der Waals surface area contributed by atoms with Crippen molar-refractivity contribution in [2.45, 2.75) is 18.9 Å². The van der Waals surface area contributed by atoms with E-state index in [0.29, 0.717) is 11.3 Å². The molecule has 1 aromatic rings. The summed E-state index contributed by atoms with van der Waals surface area (Å²) in [6.45, 7) is -0.527. The molecule has 2 amide bonds. The zero-order valence-corrected chi connectivity index (χ0v) is 11.3. The molecule has 0 spiro atoms. The Labute approximate surface area is 121 Å². The van der Waals surface area contributed by atoms with Gasteiger partial charge in [-0.1, -0.05) is 0 Å². The number of rotatable bonds is 7. The normalized spacial score (nSPS) is 13.3. The second kappa shape index (κ2) is 6.74. The summed E-state index contributed by atoms with van der Waals surface area (Å²) in [6.07, 6.45) is 1.96. The van der Waals surface area contributed by atoms with Crippen molar-refractivity contribution >= 4 is 17.8 Å². The Morgan fingerprint density at radius 3 is 2.38 bits per heavy atom. The molecular formula is C14H16N2O5. The van der Waals surface area contributed by atoms with Crippen LogP contribution in [0, 0.1) is 0 Å². The Balaban J connectivity index is 1.78. The van der Waals surface area contributed by atoms with Crippen molar-refractivity contribution in [2.24, 2.45) is 5.73 Å². The third-order valence-electron chi connectivity index (χ3n) is 2.75. The number of hydrogen-bond donors (Lipinski definition) is 2. The minimum Gasteiger partial charge on any atom is -0.484 e. The van der Waals surface area contributed by atoms with Crippen LogP contribution in [-0.4, -0.2) is 37.0 Å². The van der Waals surface area contributed by atoms with E-state index in [2.05, 4.69) is 5.32 Å². The molecule has 0 unspecified atom stereocenters. The maximum absolute atomic E-state index is 11.7. The number of benzene rings is 1. The predicted octanol–water partition coefficient (Wildman–Crippen LogP) is -0.0139. The highest BCUT2D eigenvalue weighted by Crippen LogP contribution is 2.18. The molecule has 1 aliphatic carbocycles. The Hall–Kier alpha value is -2.57. The molecule has 1 fully saturated rings. The van der Waals surface area contributed by atoms with Crippen LogP contribution in [-0.2, 0) is 14.3 Å². The van der Waals surface area contributed by atoms with Crippen molar-refractivity contribution in [1.82, 2.24) is 5.32 Å². The highest BCUT2D eigenvalue weighted by Gasteiger charge is 2.23. The van der Waals surface area contributed by atoms with E-state index >= 15 is 0 Å². The lowest BCUT2D eigenvalue weighted by molar-refractivity contribution is -0.124. The number of carbonyl (C=O) groups is 3. The number of nitrogens with two attached hydrogens (primary N) is 1. The Kier molecular flexibility index (Phi) is 4.76. The number of carbonyl (C=O) groups excluding carboxylic acids is 3. The number of amides is 2. The standard InChI is InChI=1S/C14H16N2O5/c15-12(17)7-20-11-5-1-9(2-6-11)14(19)21-8-13(18)16-10-3-4-10/h1-2,5-6,10H,3-4,7-8H2,(H2,15,17)(H,16,18). The van der Waals surface area contributed by atoms with E-state index in [4.69, 9.17) is 15.2 Å². The smallest absolute Gasteiger partial charge is 0.338 e. The van der Waals surface area contributed by atoms with Gasteiger partial charge in [-0.25, -0.2) is 4.79 Å². The maximum Gasteiger partial charge on any atom is 0.338 e. The van der Waals surface area contributed by atoms with Gasteiger partial charge in [0.1, 0.15) is 5.75 Å². The van der Waals surface area contributed by atoms with Crippen LogP contribution in [0.3, 0.4) is 0 Å². The summed E-state index contributed by atoms with van der Waals surface area (Å²) in [6, 6.07) is 6.24. The molecule has 2 rings (SSSR count). The predicted molar refractivity (Wildman–Crippen MR) is 72.6 cm³/mol. The van der Waals surface area contributed by atoms with Gasteiger partial charge in [0.2, 0.25) is 0 Å². The number of esters is 1. The van der Waals surface area contributed by atoms with Gasteiger partial charge in [-0.15, -0.1) is 0 Å². The van der Waals surface area contributed by atoms with Gasteiger partial charge in [-0.2, -0.15) is 0 Å². The van der Waals surface area contributed by atoms with Crippen molar-refractivity contribution in [1.29, 1.82) is 0 Å². The fourth-order valence-electron chi connectivity index (χ4n) is 1.55.